The molecule has 1 aromatic carbocycles. The van der Waals surface area contributed by atoms with Crippen molar-refractivity contribution in [3.8, 4) is 5.69 Å². The van der Waals surface area contributed by atoms with Crippen LogP contribution in [0.5, 0.6) is 0 Å². The van der Waals surface area contributed by atoms with Crippen molar-refractivity contribution in [2.75, 3.05) is 72.1 Å². The molecule has 2 saturated heterocycles. The number of aromatic nitrogens is 3. The third-order valence-electron chi connectivity index (χ3n) is 9.65. The summed E-state index contributed by atoms with van der Waals surface area (Å²) < 4.78 is 14.3. The van der Waals surface area contributed by atoms with Crippen LogP contribution in [0.25, 0.3) is 5.69 Å². The number of amides is 8. The first-order valence-electron chi connectivity index (χ1n) is 19.1. The molecule has 0 radical (unpaired) electrons. The zero-order valence-electron chi connectivity index (χ0n) is 31.9. The Bertz CT molecular complexity index is 1730. The number of unbranched alkanes of at least 4 members (excludes halogenated alkanes) is 3. The van der Waals surface area contributed by atoms with Gasteiger partial charge >= 0.3 is 30.0 Å². The maximum Gasteiger partial charge on any atom is 0.326 e. The molecular weight excluding hydrogens is 749 g/mol. The monoisotopic (exact) mass is 801 g/mol. The van der Waals surface area contributed by atoms with Gasteiger partial charge in [0, 0.05) is 83.0 Å². The lowest BCUT2D eigenvalue weighted by Gasteiger charge is -2.35. The van der Waals surface area contributed by atoms with E-state index in [9.17, 15) is 43.1 Å². The van der Waals surface area contributed by atoms with E-state index in [-0.39, 0.29) is 100 Å². The third kappa shape index (κ3) is 13.6. The Morgan fingerprint density at radius 1 is 0.719 bits per heavy atom. The molecule has 0 spiro atoms. The number of nitrogens with zero attached hydrogens (tertiary/aromatic N) is 7. The molecule has 4 rings (SSSR count). The SMILES string of the molecule is NC(=O)N[C@H](CCCCNC(=O)N1CCN(C(=O)c2cc(C(=O)N3CCN(C(=O)NCCCCCC(=O)O)CC3)cc(-n3cc(CCCF)nn3)c2)CC1)C(=O)O. The van der Waals surface area contributed by atoms with Crippen molar-refractivity contribution in [2.45, 2.75) is 63.8 Å². The van der Waals surface area contributed by atoms with Crippen LogP contribution in [0.3, 0.4) is 0 Å². The Morgan fingerprint density at radius 2 is 1.25 bits per heavy atom. The van der Waals surface area contributed by atoms with Crippen LogP contribution >= 0.6 is 0 Å². The summed E-state index contributed by atoms with van der Waals surface area (Å²) in [6, 6.07) is 2.09. The molecule has 1 aromatic heterocycles. The first kappa shape index (κ1) is 43.7. The number of urea groups is 3. The van der Waals surface area contributed by atoms with E-state index >= 15 is 0 Å². The molecule has 3 heterocycles. The van der Waals surface area contributed by atoms with Crippen molar-refractivity contribution in [3.05, 3.63) is 41.2 Å². The van der Waals surface area contributed by atoms with Gasteiger partial charge in [0.25, 0.3) is 11.8 Å². The molecule has 2 aliphatic rings. The van der Waals surface area contributed by atoms with E-state index in [1.54, 1.807) is 37.9 Å². The zero-order valence-corrected chi connectivity index (χ0v) is 31.9. The molecule has 312 valence electrons. The topological polar surface area (TPSA) is 266 Å². The molecule has 21 heteroatoms. The van der Waals surface area contributed by atoms with Gasteiger partial charge in [-0.2, -0.15) is 0 Å². The summed E-state index contributed by atoms with van der Waals surface area (Å²) in [5.41, 5.74) is 6.43. The number of hydrogen-bond donors (Lipinski definition) is 6. The molecule has 0 saturated carbocycles. The molecule has 20 nitrogen and oxygen atoms in total. The fourth-order valence-electron chi connectivity index (χ4n) is 6.46. The Balaban J connectivity index is 1.35. The number of rotatable bonds is 19. The minimum Gasteiger partial charge on any atom is -0.481 e. The summed E-state index contributed by atoms with van der Waals surface area (Å²) in [4.78, 5) is 92.6. The lowest BCUT2D eigenvalue weighted by molar-refractivity contribution is -0.139. The Labute approximate surface area is 328 Å². The van der Waals surface area contributed by atoms with E-state index in [0.29, 0.717) is 69.5 Å². The van der Waals surface area contributed by atoms with Gasteiger partial charge in [-0.1, -0.05) is 11.6 Å². The lowest BCUT2D eigenvalue weighted by atomic mass is 10.1. The maximum atomic E-state index is 13.9. The van der Waals surface area contributed by atoms with Crippen LogP contribution in [0.4, 0.5) is 18.8 Å². The average Bonchev–Trinajstić information content (AvgIpc) is 3.69. The molecule has 57 heavy (non-hydrogen) atoms. The van der Waals surface area contributed by atoms with Crippen LogP contribution in [0.2, 0.25) is 0 Å². The standard InChI is InChI=1S/C36H52FN11O9/c37-10-6-7-27-24-48(43-42-27)28-22-25(31(51)44-13-17-46(18-14-44)35(56)39-11-4-1-2-9-30(49)50)21-26(23-28)32(52)45-15-19-47(20-16-45)36(57)40-12-5-3-8-29(33(53)54)41-34(38)55/h21-24,29H,1-20H2,(H,39,56)(H,40,57)(H,49,50)(H,53,54)(H3,38,41,55)/t29-/m1/s1. The molecule has 0 bridgehead atoms. The van der Waals surface area contributed by atoms with Gasteiger partial charge in [-0.25, -0.2) is 23.9 Å². The largest absolute Gasteiger partial charge is 0.481 e. The first-order chi connectivity index (χ1) is 27.4. The van der Waals surface area contributed by atoms with E-state index in [0.717, 1.165) is 0 Å². The predicted molar refractivity (Wildman–Crippen MR) is 202 cm³/mol. The quantitative estimate of drug-likeness (QED) is 0.109. The van der Waals surface area contributed by atoms with Crippen LogP contribution in [0.15, 0.2) is 24.4 Å². The first-order valence-corrected chi connectivity index (χ1v) is 19.1. The fraction of sp³-hybridized carbons (Fsp3) is 0.583. The van der Waals surface area contributed by atoms with Crippen LogP contribution in [0.1, 0.15) is 77.8 Å². The van der Waals surface area contributed by atoms with Gasteiger partial charge in [0.05, 0.1) is 24.3 Å². The smallest absolute Gasteiger partial charge is 0.326 e. The lowest BCUT2D eigenvalue weighted by Crippen LogP contribution is -2.53. The molecule has 2 aliphatic heterocycles. The van der Waals surface area contributed by atoms with Crippen LogP contribution < -0.4 is 21.7 Å². The van der Waals surface area contributed by atoms with E-state index in [2.05, 4.69) is 26.3 Å². The minimum atomic E-state index is -1.20. The van der Waals surface area contributed by atoms with Crippen molar-refractivity contribution >= 4 is 41.8 Å². The van der Waals surface area contributed by atoms with Crippen molar-refractivity contribution in [1.29, 1.82) is 0 Å². The third-order valence-corrected chi connectivity index (χ3v) is 9.65. The molecule has 1 atom stereocenters. The van der Waals surface area contributed by atoms with Gasteiger partial charge in [0.15, 0.2) is 0 Å². The Kier molecular flexibility index (Phi) is 16.8. The summed E-state index contributed by atoms with van der Waals surface area (Å²) in [6.07, 6.45) is 5.26. The number of hydrogen-bond acceptors (Lipinski definition) is 9. The van der Waals surface area contributed by atoms with Crippen molar-refractivity contribution < 1.29 is 48.2 Å². The second-order valence-corrected chi connectivity index (χ2v) is 13.8. The Morgan fingerprint density at radius 3 is 1.74 bits per heavy atom. The van der Waals surface area contributed by atoms with Crippen LogP contribution in [-0.2, 0) is 16.0 Å². The van der Waals surface area contributed by atoms with E-state index in [1.807, 2.05) is 0 Å². The normalized spacial score (nSPS) is 14.8. The second kappa shape index (κ2) is 21.9. The number of alkyl halides is 1. The molecule has 0 unspecified atom stereocenters. The summed E-state index contributed by atoms with van der Waals surface area (Å²) in [5.74, 6) is -2.75. The summed E-state index contributed by atoms with van der Waals surface area (Å²) in [5, 5.41) is 34.0. The zero-order chi connectivity index (χ0) is 41.3. The number of piperazine rings is 2. The van der Waals surface area contributed by atoms with Gasteiger partial charge in [-0.05, 0) is 63.1 Å². The van der Waals surface area contributed by atoms with E-state index < -0.39 is 30.7 Å². The van der Waals surface area contributed by atoms with Crippen molar-refractivity contribution in [1.82, 2.24) is 50.5 Å². The molecular formula is C36H52FN11O9. The molecule has 0 aliphatic carbocycles. The number of carbonyl (C=O) groups is 7. The number of aliphatic carboxylic acids is 2. The summed E-state index contributed by atoms with van der Waals surface area (Å²) in [7, 11) is 0. The van der Waals surface area contributed by atoms with E-state index in [1.165, 1.54) is 10.7 Å². The minimum absolute atomic E-state index is 0.0888. The molecule has 8 amide bonds. The molecule has 7 N–H and O–H groups in total. The fourth-order valence-corrected chi connectivity index (χ4v) is 6.46. The van der Waals surface area contributed by atoms with Crippen LogP contribution in [-0.4, -0.2) is 165 Å². The number of benzene rings is 1. The van der Waals surface area contributed by atoms with Gasteiger partial charge in [0.1, 0.15) is 6.04 Å². The van der Waals surface area contributed by atoms with E-state index in [4.69, 9.17) is 10.8 Å². The molecule has 2 fully saturated rings. The second-order valence-electron chi connectivity index (χ2n) is 13.8. The van der Waals surface area contributed by atoms with Crippen molar-refractivity contribution in [3.63, 3.8) is 0 Å². The average molecular weight is 802 g/mol. The Hall–Kier alpha value is -6.02. The number of aryl methyl sites for hydroxylation is 1. The number of primary amides is 1. The number of carboxylic acid groups (broad SMARTS) is 2. The highest BCUT2D eigenvalue weighted by Gasteiger charge is 2.29. The number of nitrogens with two attached hydrogens (primary N) is 1. The number of carboxylic acids is 2. The van der Waals surface area contributed by atoms with Gasteiger partial charge in [-0.15, -0.1) is 5.10 Å². The highest BCUT2D eigenvalue weighted by Crippen LogP contribution is 2.20. The highest BCUT2D eigenvalue weighted by molar-refractivity contribution is 6.01. The maximum absolute atomic E-state index is 13.9. The number of nitrogens with one attached hydrogen (secondary N) is 3. The number of halogens is 1. The van der Waals surface area contributed by atoms with Gasteiger partial charge in [-0.3, -0.25) is 18.8 Å². The summed E-state index contributed by atoms with van der Waals surface area (Å²) >= 11 is 0. The molecule has 2 aromatic rings. The highest BCUT2D eigenvalue weighted by atomic mass is 19.1. The van der Waals surface area contributed by atoms with Gasteiger partial charge < -0.3 is 51.5 Å². The summed E-state index contributed by atoms with van der Waals surface area (Å²) in [6.45, 7) is 2.22. The van der Waals surface area contributed by atoms with Gasteiger partial charge in [0.2, 0.25) is 0 Å². The predicted octanol–water partition coefficient (Wildman–Crippen LogP) is 1.04. The number of carbonyl (C=O) groups excluding carboxylic acids is 5. The van der Waals surface area contributed by atoms with Crippen molar-refractivity contribution in [2.24, 2.45) is 5.73 Å². The van der Waals surface area contributed by atoms with Crippen LogP contribution in [0, 0.1) is 0 Å².